The highest BCUT2D eigenvalue weighted by Crippen LogP contribution is 2.35. The molecule has 17 heavy (non-hydrogen) atoms. The van der Waals surface area contributed by atoms with Gasteiger partial charge in [0.15, 0.2) is 0 Å². The maximum Gasteiger partial charge on any atom is 0.129 e. The van der Waals surface area contributed by atoms with Crippen LogP contribution in [0.25, 0.3) is 0 Å². The van der Waals surface area contributed by atoms with E-state index >= 15 is 0 Å². The summed E-state index contributed by atoms with van der Waals surface area (Å²) < 4.78 is 7.93. The number of nitrogens with zero attached hydrogens (tertiary/aromatic N) is 4. The van der Waals surface area contributed by atoms with Crippen molar-refractivity contribution in [2.75, 3.05) is 26.2 Å². The van der Waals surface area contributed by atoms with Crippen LogP contribution in [0.1, 0.15) is 18.7 Å². The van der Waals surface area contributed by atoms with Gasteiger partial charge in [-0.1, -0.05) is 0 Å². The van der Waals surface area contributed by atoms with E-state index in [0.29, 0.717) is 6.10 Å². The molecule has 1 aromatic heterocycles. The molecule has 0 radical (unpaired) electrons. The van der Waals surface area contributed by atoms with Gasteiger partial charge in [-0.2, -0.15) is 0 Å². The van der Waals surface area contributed by atoms with Crippen molar-refractivity contribution in [2.45, 2.75) is 32.4 Å². The first-order valence-electron chi connectivity index (χ1n) is 6.51. The second-order valence-electron chi connectivity index (χ2n) is 5.12. The molecule has 2 fully saturated rings. The van der Waals surface area contributed by atoms with Gasteiger partial charge in [0.1, 0.15) is 12.2 Å². The first-order valence-corrected chi connectivity index (χ1v) is 6.51. The summed E-state index contributed by atoms with van der Waals surface area (Å²) in [6.07, 6.45) is 5.03. The summed E-state index contributed by atoms with van der Waals surface area (Å²) in [5.74, 6) is 1.84. The standard InChI is InChI=1S/C12H20N4O/c1-10-14-13-9-16(10)5-4-15-6-7-17-12(8-15)11-2-3-11/h9,11-12H,2-8H2,1H3. The zero-order chi connectivity index (χ0) is 11.7. The summed E-state index contributed by atoms with van der Waals surface area (Å²) in [5.41, 5.74) is 0. The Kier molecular flexibility index (Phi) is 3.11. The molecule has 1 atom stereocenters. The minimum Gasteiger partial charge on any atom is -0.375 e. The van der Waals surface area contributed by atoms with Crippen molar-refractivity contribution in [1.82, 2.24) is 19.7 Å². The van der Waals surface area contributed by atoms with Crippen LogP contribution in [-0.4, -0.2) is 52.0 Å². The minimum atomic E-state index is 0.491. The van der Waals surface area contributed by atoms with Crippen LogP contribution in [0, 0.1) is 12.8 Å². The quantitative estimate of drug-likeness (QED) is 0.772. The third kappa shape index (κ3) is 2.66. The number of ether oxygens (including phenoxy) is 1. The van der Waals surface area contributed by atoms with Gasteiger partial charge in [-0.25, -0.2) is 0 Å². The van der Waals surface area contributed by atoms with Crippen LogP contribution < -0.4 is 0 Å². The number of rotatable bonds is 4. The highest BCUT2D eigenvalue weighted by Gasteiger charge is 2.34. The van der Waals surface area contributed by atoms with Gasteiger partial charge in [0.25, 0.3) is 0 Å². The largest absolute Gasteiger partial charge is 0.375 e. The van der Waals surface area contributed by atoms with Gasteiger partial charge >= 0.3 is 0 Å². The average molecular weight is 236 g/mol. The Morgan fingerprint density at radius 2 is 2.29 bits per heavy atom. The summed E-state index contributed by atoms with van der Waals surface area (Å²) in [5, 5.41) is 7.91. The van der Waals surface area contributed by atoms with Gasteiger partial charge < -0.3 is 9.30 Å². The maximum atomic E-state index is 5.82. The summed E-state index contributed by atoms with van der Waals surface area (Å²) in [6.45, 7) is 7.11. The molecule has 94 valence electrons. The summed E-state index contributed by atoms with van der Waals surface area (Å²) >= 11 is 0. The average Bonchev–Trinajstić information content (AvgIpc) is 3.12. The van der Waals surface area contributed by atoms with Crippen LogP contribution in [0.2, 0.25) is 0 Å². The Morgan fingerprint density at radius 3 is 3.00 bits per heavy atom. The fourth-order valence-corrected chi connectivity index (χ4v) is 2.47. The lowest BCUT2D eigenvalue weighted by molar-refractivity contribution is -0.0399. The van der Waals surface area contributed by atoms with Crippen LogP contribution in [0.5, 0.6) is 0 Å². The molecule has 5 nitrogen and oxygen atoms in total. The molecule has 0 spiro atoms. The highest BCUT2D eigenvalue weighted by molar-refractivity contribution is 4.87. The SMILES string of the molecule is Cc1nncn1CCN1CCOC(C2CC2)C1. The molecule has 1 saturated carbocycles. The van der Waals surface area contributed by atoms with Crippen LogP contribution in [0.15, 0.2) is 6.33 Å². The molecule has 2 heterocycles. The van der Waals surface area contributed by atoms with E-state index in [1.165, 1.54) is 12.8 Å². The molecule has 0 aromatic carbocycles. The molecule has 1 aliphatic carbocycles. The van der Waals surface area contributed by atoms with Crippen molar-refractivity contribution >= 4 is 0 Å². The van der Waals surface area contributed by atoms with Gasteiger partial charge in [0.2, 0.25) is 0 Å². The predicted octanol–water partition coefficient (Wildman–Crippen LogP) is 0.697. The normalized spacial score (nSPS) is 26.3. The molecule has 1 aliphatic heterocycles. The topological polar surface area (TPSA) is 43.2 Å². The number of hydrogen-bond acceptors (Lipinski definition) is 4. The molecule has 5 heteroatoms. The molecule has 1 saturated heterocycles. The molecule has 0 N–H and O–H groups in total. The molecule has 0 amide bonds. The Hall–Kier alpha value is -0.940. The fraction of sp³-hybridized carbons (Fsp3) is 0.833. The lowest BCUT2D eigenvalue weighted by Crippen LogP contribution is -2.44. The van der Waals surface area contributed by atoms with E-state index in [1.54, 1.807) is 0 Å². The van der Waals surface area contributed by atoms with Crippen molar-refractivity contribution < 1.29 is 4.74 Å². The highest BCUT2D eigenvalue weighted by atomic mass is 16.5. The summed E-state index contributed by atoms with van der Waals surface area (Å²) in [7, 11) is 0. The van der Waals surface area contributed by atoms with E-state index in [9.17, 15) is 0 Å². The van der Waals surface area contributed by atoms with Crippen molar-refractivity contribution in [3.8, 4) is 0 Å². The first kappa shape index (κ1) is 11.2. The number of aryl methyl sites for hydroxylation is 1. The molecule has 0 bridgehead atoms. The van der Waals surface area contributed by atoms with Crippen molar-refractivity contribution in [1.29, 1.82) is 0 Å². The van der Waals surface area contributed by atoms with Crippen molar-refractivity contribution in [3.63, 3.8) is 0 Å². The van der Waals surface area contributed by atoms with Gasteiger partial charge in [0.05, 0.1) is 12.7 Å². The lowest BCUT2D eigenvalue weighted by atomic mass is 10.2. The number of aromatic nitrogens is 3. The Morgan fingerprint density at radius 1 is 1.41 bits per heavy atom. The molecular weight excluding hydrogens is 216 g/mol. The number of morpholine rings is 1. The van der Waals surface area contributed by atoms with Gasteiger partial charge in [-0.15, -0.1) is 10.2 Å². The Balaban J connectivity index is 1.49. The molecule has 1 unspecified atom stereocenters. The second-order valence-corrected chi connectivity index (χ2v) is 5.12. The Bertz CT molecular complexity index is 374. The zero-order valence-corrected chi connectivity index (χ0v) is 10.4. The monoisotopic (exact) mass is 236 g/mol. The van der Waals surface area contributed by atoms with Crippen molar-refractivity contribution in [3.05, 3.63) is 12.2 Å². The van der Waals surface area contributed by atoms with Crippen LogP contribution in [-0.2, 0) is 11.3 Å². The van der Waals surface area contributed by atoms with Gasteiger partial charge in [-0.3, -0.25) is 4.90 Å². The van der Waals surface area contributed by atoms with Crippen LogP contribution in [0.3, 0.4) is 0 Å². The smallest absolute Gasteiger partial charge is 0.129 e. The Labute approximate surface area is 102 Å². The van der Waals surface area contributed by atoms with E-state index in [4.69, 9.17) is 4.74 Å². The van der Waals surface area contributed by atoms with E-state index in [0.717, 1.165) is 44.5 Å². The molecule has 3 rings (SSSR count). The summed E-state index contributed by atoms with van der Waals surface area (Å²) in [4.78, 5) is 2.51. The molecular formula is C12H20N4O. The maximum absolute atomic E-state index is 5.82. The summed E-state index contributed by atoms with van der Waals surface area (Å²) in [6, 6.07) is 0. The van der Waals surface area contributed by atoms with Gasteiger partial charge in [-0.05, 0) is 25.7 Å². The third-order valence-corrected chi connectivity index (χ3v) is 3.79. The third-order valence-electron chi connectivity index (χ3n) is 3.79. The first-order chi connectivity index (χ1) is 8.33. The van der Waals surface area contributed by atoms with E-state index in [2.05, 4.69) is 19.7 Å². The van der Waals surface area contributed by atoms with E-state index in [1.807, 2.05) is 13.3 Å². The molecule has 2 aliphatic rings. The van der Waals surface area contributed by atoms with Crippen LogP contribution in [0.4, 0.5) is 0 Å². The lowest BCUT2D eigenvalue weighted by Gasteiger charge is -2.33. The van der Waals surface area contributed by atoms with E-state index < -0.39 is 0 Å². The van der Waals surface area contributed by atoms with Crippen LogP contribution >= 0.6 is 0 Å². The zero-order valence-electron chi connectivity index (χ0n) is 10.4. The fourth-order valence-electron chi connectivity index (χ4n) is 2.47. The molecule has 1 aromatic rings. The van der Waals surface area contributed by atoms with E-state index in [-0.39, 0.29) is 0 Å². The minimum absolute atomic E-state index is 0.491. The number of hydrogen-bond donors (Lipinski definition) is 0. The van der Waals surface area contributed by atoms with Gasteiger partial charge in [0, 0.05) is 26.2 Å². The van der Waals surface area contributed by atoms with Crippen molar-refractivity contribution in [2.24, 2.45) is 5.92 Å². The predicted molar refractivity (Wildman–Crippen MR) is 63.7 cm³/mol. The second kappa shape index (κ2) is 4.74.